The summed E-state index contributed by atoms with van der Waals surface area (Å²) in [4.78, 5) is 17.2. The number of nitrogens with zero attached hydrogens (tertiary/aromatic N) is 4. The molecule has 9 nitrogen and oxygen atoms in total. The molecular formula is C22H36FN6O3PS2. The Balaban J connectivity index is 0.000000521. The summed E-state index contributed by atoms with van der Waals surface area (Å²) in [5.41, 5.74) is 6.90. The highest BCUT2D eigenvalue weighted by molar-refractivity contribution is 7.99. The Bertz CT molecular complexity index is 999. The van der Waals surface area contributed by atoms with Crippen LogP contribution in [0.2, 0.25) is 0 Å². The van der Waals surface area contributed by atoms with E-state index in [2.05, 4.69) is 38.9 Å². The van der Waals surface area contributed by atoms with Crippen LogP contribution in [-0.4, -0.2) is 50.0 Å². The first-order valence-electron chi connectivity index (χ1n) is 11.3. The maximum absolute atomic E-state index is 13.9. The van der Waals surface area contributed by atoms with Gasteiger partial charge in [-0.1, -0.05) is 36.9 Å². The molecule has 3 aromatic rings. The third-order valence-electron chi connectivity index (χ3n) is 4.03. The third kappa shape index (κ3) is 11.7. The van der Waals surface area contributed by atoms with Crippen molar-refractivity contribution in [2.75, 3.05) is 30.6 Å². The van der Waals surface area contributed by atoms with Gasteiger partial charge in [0.1, 0.15) is 25.3 Å². The Hall–Kier alpha value is -1.69. The van der Waals surface area contributed by atoms with Crippen LogP contribution in [0.4, 0.5) is 15.3 Å². The third-order valence-corrected chi connectivity index (χ3v) is 6.93. The Morgan fingerprint density at radius 1 is 1.23 bits per heavy atom. The van der Waals surface area contributed by atoms with Crippen LogP contribution in [0.25, 0.3) is 10.3 Å². The van der Waals surface area contributed by atoms with E-state index in [1.54, 1.807) is 19.2 Å². The van der Waals surface area contributed by atoms with Crippen molar-refractivity contribution >= 4 is 53.4 Å². The molecule has 0 saturated carbocycles. The zero-order valence-electron chi connectivity index (χ0n) is 20.8. The number of pyridine rings is 1. The number of aromatic nitrogens is 4. The number of aliphatic hydroxyl groups is 2. The van der Waals surface area contributed by atoms with E-state index in [1.165, 1.54) is 29.2 Å². The highest BCUT2D eigenvalue weighted by Gasteiger charge is 2.18. The van der Waals surface area contributed by atoms with Crippen molar-refractivity contribution in [3.63, 3.8) is 0 Å². The van der Waals surface area contributed by atoms with E-state index in [0.717, 1.165) is 18.8 Å². The van der Waals surface area contributed by atoms with Gasteiger partial charge in [-0.15, -0.1) is 0 Å². The minimum Gasteiger partial charge on any atom is -0.397 e. The Kier molecular flexibility index (Phi) is 15.8. The van der Waals surface area contributed by atoms with E-state index in [9.17, 15) is 4.39 Å². The number of nitrogen functional groups attached to an aromatic ring is 1. The van der Waals surface area contributed by atoms with Gasteiger partial charge in [0.2, 0.25) is 0 Å². The molecule has 0 aliphatic heterocycles. The Labute approximate surface area is 216 Å². The quantitative estimate of drug-likeness (QED) is 0.113. The Morgan fingerprint density at radius 2 is 1.94 bits per heavy atom. The molecule has 0 bridgehead atoms. The molecule has 0 aromatic carbocycles. The first-order chi connectivity index (χ1) is 16.8. The van der Waals surface area contributed by atoms with Crippen LogP contribution in [0, 0.1) is 11.7 Å². The molecular weight excluding hydrogens is 510 g/mol. The molecule has 35 heavy (non-hydrogen) atoms. The second-order valence-electron chi connectivity index (χ2n) is 7.43. The van der Waals surface area contributed by atoms with Crippen LogP contribution in [0.15, 0.2) is 23.5 Å². The predicted molar refractivity (Wildman–Crippen MR) is 146 cm³/mol. The molecule has 0 amide bonds. The van der Waals surface area contributed by atoms with Gasteiger partial charge in [0.25, 0.3) is 0 Å². The molecule has 0 aliphatic carbocycles. The largest absolute Gasteiger partial charge is 0.397 e. The number of fused-ring (bicyclic) bond motifs is 1. The number of thioether (sulfide) groups is 1. The van der Waals surface area contributed by atoms with E-state index in [-0.39, 0.29) is 26.6 Å². The van der Waals surface area contributed by atoms with Crippen molar-refractivity contribution in [1.82, 2.24) is 19.9 Å². The number of hydrogen-bond donors (Lipinski definition) is 4. The molecule has 3 rings (SSSR count). The molecule has 5 N–H and O–H groups in total. The standard InChI is InChI=1S/C14H16FN6OPS2.C6H14O.C2H6O/c1-3-22-23-21-14-20-12-10(25-14)11(16)18-13(19-12)24-7(2)9-8(15)5-4-6-17-9;1-6(2)4-3-5-7;1-2-3/h4-7,23H,3H2,1-2H3,(H3,16,18,19,20,21);6-7H,3-5H2,1-2H3;3H,2H2,1H3. The van der Waals surface area contributed by atoms with E-state index < -0.39 is 0 Å². The van der Waals surface area contributed by atoms with Crippen LogP contribution < -0.4 is 10.8 Å². The number of hydrogen-bond acceptors (Lipinski definition) is 11. The number of halogens is 1. The average Bonchev–Trinajstić information content (AvgIpc) is 3.22. The molecule has 196 valence electrons. The zero-order valence-corrected chi connectivity index (χ0v) is 23.4. The lowest BCUT2D eigenvalue weighted by molar-refractivity contribution is 0.276. The fourth-order valence-corrected chi connectivity index (χ4v) is 4.73. The van der Waals surface area contributed by atoms with Crippen LogP contribution in [-0.2, 0) is 4.52 Å². The monoisotopic (exact) mass is 546 g/mol. The van der Waals surface area contributed by atoms with Crippen LogP contribution in [0.5, 0.6) is 0 Å². The van der Waals surface area contributed by atoms with Gasteiger partial charge in [-0.3, -0.25) is 4.98 Å². The van der Waals surface area contributed by atoms with Gasteiger partial charge >= 0.3 is 0 Å². The molecule has 13 heteroatoms. The van der Waals surface area contributed by atoms with Crippen molar-refractivity contribution in [1.29, 1.82) is 0 Å². The van der Waals surface area contributed by atoms with Crippen LogP contribution >= 0.6 is 32.1 Å². The summed E-state index contributed by atoms with van der Waals surface area (Å²) < 4.78 is 19.8. The minimum absolute atomic E-state index is 0.118. The number of nitrogens with two attached hydrogens (primary N) is 1. The van der Waals surface area contributed by atoms with Crippen molar-refractivity contribution in [3.05, 3.63) is 29.8 Å². The van der Waals surface area contributed by atoms with Crippen molar-refractivity contribution in [3.8, 4) is 0 Å². The number of thiazole rings is 1. The topological polar surface area (TPSA) is 139 Å². The summed E-state index contributed by atoms with van der Waals surface area (Å²) in [6, 6.07) is 2.94. The summed E-state index contributed by atoms with van der Waals surface area (Å²) >= 11 is 2.66. The summed E-state index contributed by atoms with van der Waals surface area (Å²) in [7, 11) is 0.118. The fourth-order valence-electron chi connectivity index (χ4n) is 2.49. The van der Waals surface area contributed by atoms with Gasteiger partial charge in [-0.25, -0.2) is 14.4 Å². The average molecular weight is 547 g/mol. The minimum atomic E-state index is -0.353. The van der Waals surface area contributed by atoms with Gasteiger partial charge in [-0.05, 0) is 51.7 Å². The van der Waals surface area contributed by atoms with Gasteiger partial charge in [0.05, 0.1) is 10.9 Å². The maximum atomic E-state index is 13.9. The first kappa shape index (κ1) is 31.3. The number of nitrogens with one attached hydrogen (secondary N) is 1. The summed E-state index contributed by atoms with van der Waals surface area (Å²) in [5, 5.41) is 19.8. The second kappa shape index (κ2) is 17.7. The number of aliphatic hydroxyl groups excluding tert-OH is 2. The summed E-state index contributed by atoms with van der Waals surface area (Å²) in [6.07, 6.45) is 3.67. The van der Waals surface area contributed by atoms with Gasteiger partial charge in [0, 0.05) is 26.0 Å². The van der Waals surface area contributed by atoms with Crippen molar-refractivity contribution < 1.29 is 19.1 Å². The molecule has 0 radical (unpaired) electrons. The van der Waals surface area contributed by atoms with Gasteiger partial charge < -0.3 is 25.6 Å². The maximum Gasteiger partial charge on any atom is 0.192 e. The highest BCUT2D eigenvalue weighted by Crippen LogP contribution is 2.36. The molecule has 2 unspecified atom stereocenters. The molecule has 3 aromatic heterocycles. The van der Waals surface area contributed by atoms with E-state index in [1.807, 2.05) is 13.8 Å². The van der Waals surface area contributed by atoms with Gasteiger partial charge in [-0.2, -0.15) is 4.98 Å². The lowest BCUT2D eigenvalue weighted by Crippen LogP contribution is -2.00. The van der Waals surface area contributed by atoms with Crippen molar-refractivity contribution in [2.45, 2.75) is 57.9 Å². The van der Waals surface area contributed by atoms with E-state index in [0.29, 0.717) is 45.4 Å². The van der Waals surface area contributed by atoms with Crippen molar-refractivity contribution in [2.24, 2.45) is 5.92 Å². The summed E-state index contributed by atoms with van der Waals surface area (Å²) in [5.74, 6) is 0.743. The molecule has 0 saturated heterocycles. The van der Waals surface area contributed by atoms with Crippen LogP contribution in [0.1, 0.15) is 58.4 Å². The lowest BCUT2D eigenvalue weighted by atomic mass is 10.1. The Morgan fingerprint density at radius 3 is 2.51 bits per heavy atom. The first-order valence-corrected chi connectivity index (χ1v) is 13.9. The summed E-state index contributed by atoms with van der Waals surface area (Å²) in [6.45, 7) is 11.0. The molecule has 3 heterocycles. The molecule has 2 atom stereocenters. The van der Waals surface area contributed by atoms with Crippen LogP contribution in [0.3, 0.4) is 0 Å². The lowest BCUT2D eigenvalue weighted by Gasteiger charge is -2.10. The van der Waals surface area contributed by atoms with E-state index >= 15 is 0 Å². The van der Waals surface area contributed by atoms with E-state index in [4.69, 9.17) is 20.5 Å². The molecule has 0 aliphatic rings. The molecule has 0 fully saturated rings. The predicted octanol–water partition coefficient (Wildman–Crippen LogP) is 5.43. The SMILES string of the molecule is CC(C)CCCO.CCO.CCOPNc1nc2nc(SC(C)c3ncccc3F)nc(N)c2s1. The number of rotatable bonds is 10. The second-order valence-corrected chi connectivity index (χ2v) is 10.5. The smallest absolute Gasteiger partial charge is 0.192 e. The number of anilines is 2. The zero-order chi connectivity index (χ0) is 26.2. The normalized spacial score (nSPS) is 11.8. The highest BCUT2D eigenvalue weighted by atomic mass is 32.2. The molecule has 0 spiro atoms. The fraction of sp³-hybridized carbons (Fsp3) is 0.545. The van der Waals surface area contributed by atoms with Gasteiger partial charge in [0.15, 0.2) is 15.9 Å².